The number of hydrogen-bond acceptors (Lipinski definition) is 5. The average Bonchev–Trinajstić information content (AvgIpc) is 2.61. The molecule has 0 aliphatic heterocycles. The predicted octanol–water partition coefficient (Wildman–Crippen LogP) is 2.35. The van der Waals surface area contributed by atoms with Crippen LogP contribution in [0, 0.1) is 17.2 Å². The van der Waals surface area contributed by atoms with Crippen molar-refractivity contribution in [2.24, 2.45) is 5.92 Å². The van der Waals surface area contributed by atoms with E-state index in [4.69, 9.17) is 14.7 Å². The molecule has 0 heterocycles. The lowest BCUT2D eigenvalue weighted by molar-refractivity contribution is -0.122. The number of nitrogens with one attached hydrogen (secondary N) is 2. The Morgan fingerprint density at radius 1 is 1.28 bits per heavy atom. The molecule has 1 aromatic carbocycles. The van der Waals surface area contributed by atoms with Gasteiger partial charge in [-0.2, -0.15) is 5.26 Å². The molecule has 1 aliphatic rings. The maximum Gasteiger partial charge on any atom is 0.321 e. The molecule has 1 aliphatic carbocycles. The van der Waals surface area contributed by atoms with Crippen molar-refractivity contribution in [3.05, 3.63) is 23.8 Å². The second-order valence-electron chi connectivity index (χ2n) is 6.16. The molecule has 0 bridgehead atoms. The number of nitrogens with zero attached hydrogens (tertiary/aromatic N) is 1. The third kappa shape index (κ3) is 5.38. The summed E-state index contributed by atoms with van der Waals surface area (Å²) in [5.41, 5.74) is 0.426. The van der Waals surface area contributed by atoms with Gasteiger partial charge in [-0.15, -0.1) is 0 Å². The Hall–Kier alpha value is -2.75. The topological polar surface area (TPSA) is 100 Å². The molecule has 2 N–H and O–H groups in total. The number of imide groups is 1. The van der Waals surface area contributed by atoms with Crippen LogP contribution in [-0.2, 0) is 4.79 Å². The lowest BCUT2D eigenvalue weighted by Crippen LogP contribution is -2.48. The molecule has 0 unspecified atom stereocenters. The minimum atomic E-state index is -0.549. The number of ether oxygens (including phenoxy) is 2. The molecule has 0 radical (unpaired) electrons. The molecule has 25 heavy (non-hydrogen) atoms. The minimum absolute atomic E-state index is 0.0982. The first-order valence-corrected chi connectivity index (χ1v) is 8.34. The smallest absolute Gasteiger partial charge is 0.321 e. The Kier molecular flexibility index (Phi) is 6.63. The van der Waals surface area contributed by atoms with Gasteiger partial charge in [0.2, 0.25) is 0 Å². The largest absolute Gasteiger partial charge is 0.493 e. The van der Waals surface area contributed by atoms with Gasteiger partial charge < -0.3 is 14.8 Å². The average molecular weight is 345 g/mol. The zero-order chi connectivity index (χ0) is 18.2. The highest BCUT2D eigenvalue weighted by molar-refractivity contribution is 5.95. The number of benzene rings is 1. The van der Waals surface area contributed by atoms with Crippen molar-refractivity contribution in [2.75, 3.05) is 13.7 Å². The summed E-state index contributed by atoms with van der Waals surface area (Å²) in [5, 5.41) is 14.0. The van der Waals surface area contributed by atoms with Crippen LogP contribution in [-0.4, -0.2) is 31.7 Å². The molecule has 0 aromatic heterocycles. The highest BCUT2D eigenvalue weighted by atomic mass is 16.5. The lowest BCUT2D eigenvalue weighted by Gasteiger charge is -2.29. The minimum Gasteiger partial charge on any atom is -0.493 e. The Balaban J connectivity index is 1.82. The van der Waals surface area contributed by atoms with Gasteiger partial charge in [0.05, 0.1) is 18.7 Å². The summed E-state index contributed by atoms with van der Waals surface area (Å²) in [7, 11) is 1.45. The number of nitriles is 1. The molecule has 2 atom stereocenters. The maximum atomic E-state index is 11.9. The molecule has 0 spiro atoms. The summed E-state index contributed by atoms with van der Waals surface area (Å²) in [6.07, 6.45) is 4.28. The third-order valence-corrected chi connectivity index (χ3v) is 4.33. The maximum absolute atomic E-state index is 11.9. The van der Waals surface area contributed by atoms with Crippen LogP contribution in [0.5, 0.6) is 11.5 Å². The molecule has 7 nitrogen and oxygen atoms in total. The Morgan fingerprint density at radius 2 is 2.04 bits per heavy atom. The summed E-state index contributed by atoms with van der Waals surface area (Å²) < 4.78 is 10.5. The summed E-state index contributed by atoms with van der Waals surface area (Å²) in [5.74, 6) is 0.548. The van der Waals surface area contributed by atoms with E-state index in [1.807, 2.05) is 6.07 Å². The first-order chi connectivity index (χ1) is 12.0. The van der Waals surface area contributed by atoms with Gasteiger partial charge in [0.25, 0.3) is 5.91 Å². The number of hydrogen-bond donors (Lipinski definition) is 2. The van der Waals surface area contributed by atoms with E-state index in [1.165, 1.54) is 19.6 Å². The number of methoxy groups -OCH3 is 1. The van der Waals surface area contributed by atoms with E-state index in [-0.39, 0.29) is 12.6 Å². The fourth-order valence-corrected chi connectivity index (χ4v) is 2.90. The second-order valence-corrected chi connectivity index (χ2v) is 6.16. The van der Waals surface area contributed by atoms with E-state index in [0.717, 1.165) is 19.3 Å². The summed E-state index contributed by atoms with van der Waals surface area (Å²) >= 11 is 0. The first-order valence-electron chi connectivity index (χ1n) is 8.34. The van der Waals surface area contributed by atoms with Gasteiger partial charge in [0.1, 0.15) is 0 Å². The first kappa shape index (κ1) is 18.6. The highest BCUT2D eigenvalue weighted by Crippen LogP contribution is 2.27. The van der Waals surface area contributed by atoms with Crippen LogP contribution in [0.15, 0.2) is 18.2 Å². The summed E-state index contributed by atoms with van der Waals surface area (Å²) in [6, 6.07) is 6.22. The van der Waals surface area contributed by atoms with E-state index in [0.29, 0.717) is 23.0 Å². The van der Waals surface area contributed by atoms with Crippen molar-refractivity contribution in [3.8, 4) is 17.6 Å². The van der Waals surface area contributed by atoms with Gasteiger partial charge in [-0.1, -0.05) is 19.8 Å². The van der Waals surface area contributed by atoms with Crippen molar-refractivity contribution in [1.82, 2.24) is 10.6 Å². The quantitative estimate of drug-likeness (QED) is 0.853. The van der Waals surface area contributed by atoms with E-state index in [9.17, 15) is 9.59 Å². The fraction of sp³-hybridized carbons (Fsp3) is 0.500. The second kappa shape index (κ2) is 8.92. The number of carbonyl (C=O) groups is 2. The van der Waals surface area contributed by atoms with Crippen LogP contribution in [0.2, 0.25) is 0 Å². The van der Waals surface area contributed by atoms with Crippen molar-refractivity contribution >= 4 is 11.9 Å². The SMILES string of the molecule is COc1cc(C#N)ccc1OCC(=O)NC(=O)N[C@H]1CCCC[C@H]1C. The van der Waals surface area contributed by atoms with E-state index in [1.54, 1.807) is 12.1 Å². The van der Waals surface area contributed by atoms with Gasteiger partial charge in [-0.3, -0.25) is 10.1 Å². The van der Waals surface area contributed by atoms with Crippen LogP contribution in [0.25, 0.3) is 0 Å². The predicted molar refractivity (Wildman–Crippen MR) is 91.3 cm³/mol. The zero-order valence-corrected chi connectivity index (χ0v) is 14.5. The Labute approximate surface area is 147 Å². The third-order valence-electron chi connectivity index (χ3n) is 4.33. The fourth-order valence-electron chi connectivity index (χ4n) is 2.90. The van der Waals surface area contributed by atoms with E-state index < -0.39 is 11.9 Å². The van der Waals surface area contributed by atoms with Gasteiger partial charge in [-0.05, 0) is 30.9 Å². The number of urea groups is 1. The van der Waals surface area contributed by atoms with Crippen molar-refractivity contribution in [1.29, 1.82) is 5.26 Å². The molecule has 1 aromatic rings. The van der Waals surface area contributed by atoms with E-state index in [2.05, 4.69) is 17.6 Å². The number of carbonyl (C=O) groups excluding carboxylic acids is 2. The number of rotatable bonds is 5. The lowest BCUT2D eigenvalue weighted by atomic mass is 9.86. The van der Waals surface area contributed by atoms with Crippen LogP contribution in [0.4, 0.5) is 4.79 Å². The Morgan fingerprint density at radius 3 is 2.72 bits per heavy atom. The molecule has 1 fully saturated rings. The molecule has 0 saturated heterocycles. The van der Waals surface area contributed by atoms with Gasteiger partial charge >= 0.3 is 6.03 Å². The summed E-state index contributed by atoms with van der Waals surface area (Å²) in [4.78, 5) is 23.8. The van der Waals surface area contributed by atoms with Gasteiger partial charge in [-0.25, -0.2) is 4.79 Å². The Bertz CT molecular complexity index is 669. The van der Waals surface area contributed by atoms with Gasteiger partial charge in [0, 0.05) is 12.1 Å². The molecular weight excluding hydrogens is 322 g/mol. The van der Waals surface area contributed by atoms with Crippen molar-refractivity contribution < 1.29 is 19.1 Å². The van der Waals surface area contributed by atoms with Crippen LogP contribution >= 0.6 is 0 Å². The van der Waals surface area contributed by atoms with Crippen molar-refractivity contribution in [2.45, 2.75) is 38.6 Å². The normalized spacial score (nSPS) is 19.4. The van der Waals surface area contributed by atoms with Crippen LogP contribution in [0.3, 0.4) is 0 Å². The standard InChI is InChI=1S/C18H23N3O4/c1-12-5-3-4-6-14(12)20-18(23)21-17(22)11-25-15-8-7-13(10-19)9-16(15)24-2/h7-9,12,14H,3-6,11H2,1-2H3,(H2,20,21,22,23)/t12-,14+/m1/s1. The van der Waals surface area contributed by atoms with Crippen LogP contribution in [0.1, 0.15) is 38.2 Å². The molecule has 1 saturated carbocycles. The number of amides is 3. The molecule has 7 heteroatoms. The van der Waals surface area contributed by atoms with Crippen molar-refractivity contribution in [3.63, 3.8) is 0 Å². The molecule has 2 rings (SSSR count). The molecular formula is C18H23N3O4. The zero-order valence-electron chi connectivity index (χ0n) is 14.5. The van der Waals surface area contributed by atoms with Crippen LogP contribution < -0.4 is 20.1 Å². The van der Waals surface area contributed by atoms with E-state index >= 15 is 0 Å². The van der Waals surface area contributed by atoms with Gasteiger partial charge in [0.15, 0.2) is 18.1 Å². The monoisotopic (exact) mass is 345 g/mol. The highest BCUT2D eigenvalue weighted by Gasteiger charge is 2.23. The summed E-state index contributed by atoms with van der Waals surface area (Å²) in [6.45, 7) is 1.78. The molecule has 134 valence electrons. The molecule has 3 amide bonds.